The van der Waals surface area contributed by atoms with Crippen LogP contribution in [-0.4, -0.2) is 17.0 Å². The molecule has 1 aromatic rings. The lowest BCUT2D eigenvalue weighted by Crippen LogP contribution is -2.30. The predicted molar refractivity (Wildman–Crippen MR) is 93.2 cm³/mol. The van der Waals surface area contributed by atoms with E-state index in [-0.39, 0.29) is 11.7 Å². The molecule has 1 aromatic carbocycles. The molecule has 2 atom stereocenters. The average Bonchev–Trinajstić information content (AvgIpc) is 2.57. The van der Waals surface area contributed by atoms with Gasteiger partial charge in [0, 0.05) is 5.56 Å². The number of carbonyl (C=O) groups is 1. The number of unbranched alkanes of at least 4 members (excludes halogenated alkanes) is 5. The second kappa shape index (κ2) is 11.4. The Morgan fingerprint density at radius 1 is 0.909 bits per heavy atom. The molecule has 2 heteroatoms. The minimum absolute atomic E-state index is 0.106. The lowest BCUT2D eigenvalue weighted by molar-refractivity contribution is 0.0563. The zero-order valence-corrected chi connectivity index (χ0v) is 14.3. The van der Waals surface area contributed by atoms with Gasteiger partial charge in [-0.05, 0) is 18.8 Å². The molecule has 1 rings (SSSR count). The molecule has 0 aliphatic heterocycles. The van der Waals surface area contributed by atoms with Gasteiger partial charge < -0.3 is 5.11 Å². The second-order valence-corrected chi connectivity index (χ2v) is 6.28. The maximum Gasteiger partial charge on any atom is 0.191 e. The smallest absolute Gasteiger partial charge is 0.191 e. The Morgan fingerprint density at radius 2 is 1.50 bits per heavy atom. The zero-order chi connectivity index (χ0) is 16.2. The molecular formula is C20H32O2. The Balaban J connectivity index is 2.55. The minimum Gasteiger partial charge on any atom is -0.385 e. The van der Waals surface area contributed by atoms with E-state index in [1.807, 2.05) is 18.2 Å². The topological polar surface area (TPSA) is 37.3 Å². The van der Waals surface area contributed by atoms with E-state index in [4.69, 9.17) is 0 Å². The summed E-state index contributed by atoms with van der Waals surface area (Å²) in [6.07, 6.45) is 9.38. The Bertz CT molecular complexity index is 399. The van der Waals surface area contributed by atoms with E-state index in [1.54, 1.807) is 12.1 Å². The van der Waals surface area contributed by atoms with Gasteiger partial charge in [0.15, 0.2) is 5.78 Å². The molecule has 0 aliphatic rings. The van der Waals surface area contributed by atoms with Crippen LogP contribution in [0, 0.1) is 5.92 Å². The van der Waals surface area contributed by atoms with Crippen molar-refractivity contribution in [3.8, 4) is 0 Å². The van der Waals surface area contributed by atoms with Crippen LogP contribution < -0.4 is 0 Å². The molecule has 0 saturated carbocycles. The summed E-state index contributed by atoms with van der Waals surface area (Å²) in [6, 6.07) is 9.19. The van der Waals surface area contributed by atoms with Gasteiger partial charge in [-0.3, -0.25) is 4.79 Å². The van der Waals surface area contributed by atoms with E-state index in [9.17, 15) is 9.90 Å². The zero-order valence-electron chi connectivity index (χ0n) is 14.3. The van der Waals surface area contributed by atoms with Gasteiger partial charge in [0.1, 0.15) is 6.10 Å². The average molecular weight is 304 g/mol. The number of ketones is 1. The molecule has 1 N–H and O–H groups in total. The van der Waals surface area contributed by atoms with Crippen LogP contribution in [0.3, 0.4) is 0 Å². The SMILES string of the molecule is CCCCCCCC(CCCC)C(O)C(=O)c1ccccc1. The van der Waals surface area contributed by atoms with Gasteiger partial charge in [-0.2, -0.15) is 0 Å². The van der Waals surface area contributed by atoms with Gasteiger partial charge in [0.05, 0.1) is 0 Å². The lowest BCUT2D eigenvalue weighted by atomic mass is 9.86. The number of hydrogen-bond acceptors (Lipinski definition) is 2. The first-order chi connectivity index (χ1) is 10.7. The highest BCUT2D eigenvalue weighted by molar-refractivity contribution is 5.99. The molecule has 2 nitrogen and oxygen atoms in total. The molecule has 0 heterocycles. The monoisotopic (exact) mass is 304 g/mol. The van der Waals surface area contributed by atoms with Crippen LogP contribution in [0.4, 0.5) is 0 Å². The summed E-state index contributed by atoms with van der Waals surface area (Å²) in [5, 5.41) is 10.5. The summed E-state index contributed by atoms with van der Waals surface area (Å²) in [5.41, 5.74) is 0.627. The number of carbonyl (C=O) groups excluding carboxylic acids is 1. The van der Waals surface area contributed by atoms with Gasteiger partial charge >= 0.3 is 0 Å². The van der Waals surface area contributed by atoms with Crippen molar-refractivity contribution in [1.29, 1.82) is 0 Å². The van der Waals surface area contributed by atoms with Crippen LogP contribution in [0.25, 0.3) is 0 Å². The van der Waals surface area contributed by atoms with Crippen molar-refractivity contribution >= 4 is 5.78 Å². The summed E-state index contributed by atoms with van der Waals surface area (Å²) >= 11 is 0. The number of hydrogen-bond donors (Lipinski definition) is 1. The highest BCUT2D eigenvalue weighted by Gasteiger charge is 2.26. The van der Waals surface area contributed by atoms with Gasteiger partial charge in [0.2, 0.25) is 0 Å². The maximum atomic E-state index is 12.4. The van der Waals surface area contributed by atoms with Gasteiger partial charge in [-0.1, -0.05) is 89.1 Å². The molecule has 0 radical (unpaired) electrons. The molecule has 0 spiro atoms. The number of rotatable bonds is 12. The van der Waals surface area contributed by atoms with Crippen molar-refractivity contribution in [3.63, 3.8) is 0 Å². The van der Waals surface area contributed by atoms with Crippen LogP contribution in [0.15, 0.2) is 30.3 Å². The van der Waals surface area contributed by atoms with Crippen molar-refractivity contribution < 1.29 is 9.90 Å². The molecule has 0 aromatic heterocycles. The van der Waals surface area contributed by atoms with E-state index < -0.39 is 6.10 Å². The fraction of sp³-hybridized carbons (Fsp3) is 0.650. The van der Waals surface area contributed by atoms with E-state index >= 15 is 0 Å². The van der Waals surface area contributed by atoms with Crippen LogP contribution in [0.1, 0.15) is 82.0 Å². The van der Waals surface area contributed by atoms with E-state index in [1.165, 1.54) is 25.7 Å². The number of aliphatic hydroxyl groups is 1. The van der Waals surface area contributed by atoms with Crippen molar-refractivity contribution in [2.24, 2.45) is 5.92 Å². The van der Waals surface area contributed by atoms with Crippen molar-refractivity contribution in [3.05, 3.63) is 35.9 Å². The normalized spacial score (nSPS) is 13.8. The summed E-state index contributed by atoms with van der Waals surface area (Å²) in [4.78, 5) is 12.4. The highest BCUT2D eigenvalue weighted by atomic mass is 16.3. The van der Waals surface area contributed by atoms with Crippen molar-refractivity contribution in [2.45, 2.75) is 77.7 Å². The number of benzene rings is 1. The molecule has 124 valence electrons. The van der Waals surface area contributed by atoms with Crippen LogP contribution in [0.2, 0.25) is 0 Å². The van der Waals surface area contributed by atoms with Gasteiger partial charge in [0.25, 0.3) is 0 Å². The van der Waals surface area contributed by atoms with Gasteiger partial charge in [-0.15, -0.1) is 0 Å². The van der Waals surface area contributed by atoms with E-state index in [2.05, 4.69) is 13.8 Å². The van der Waals surface area contributed by atoms with Crippen LogP contribution in [0.5, 0.6) is 0 Å². The fourth-order valence-electron chi connectivity index (χ4n) is 2.92. The third-order valence-corrected chi connectivity index (χ3v) is 4.38. The second-order valence-electron chi connectivity index (χ2n) is 6.28. The first-order valence-corrected chi connectivity index (χ1v) is 8.98. The molecule has 2 unspecified atom stereocenters. The molecule has 0 fully saturated rings. The lowest BCUT2D eigenvalue weighted by Gasteiger charge is -2.22. The molecule has 0 aliphatic carbocycles. The fourth-order valence-corrected chi connectivity index (χ4v) is 2.92. The molecule has 0 bridgehead atoms. The van der Waals surface area contributed by atoms with E-state index in [0.717, 1.165) is 32.1 Å². The van der Waals surface area contributed by atoms with Crippen LogP contribution >= 0.6 is 0 Å². The molecule has 0 saturated heterocycles. The summed E-state index contributed by atoms with van der Waals surface area (Å²) in [7, 11) is 0. The molecular weight excluding hydrogens is 272 g/mol. The minimum atomic E-state index is -0.847. The van der Waals surface area contributed by atoms with Crippen molar-refractivity contribution in [1.82, 2.24) is 0 Å². The predicted octanol–water partition coefficient (Wildman–Crippen LogP) is 5.40. The van der Waals surface area contributed by atoms with E-state index in [0.29, 0.717) is 5.56 Å². The Hall–Kier alpha value is -1.15. The largest absolute Gasteiger partial charge is 0.385 e. The van der Waals surface area contributed by atoms with Crippen molar-refractivity contribution in [2.75, 3.05) is 0 Å². The summed E-state index contributed by atoms with van der Waals surface area (Å²) < 4.78 is 0. The Kier molecular flexibility index (Phi) is 9.81. The number of aliphatic hydroxyl groups excluding tert-OH is 1. The third kappa shape index (κ3) is 6.74. The Labute approximate surface area is 135 Å². The maximum absolute atomic E-state index is 12.4. The quantitative estimate of drug-likeness (QED) is 0.415. The summed E-state index contributed by atoms with van der Waals surface area (Å²) in [5.74, 6) is -0.00968. The molecule has 22 heavy (non-hydrogen) atoms. The Morgan fingerprint density at radius 3 is 2.14 bits per heavy atom. The summed E-state index contributed by atoms with van der Waals surface area (Å²) in [6.45, 7) is 4.37. The third-order valence-electron chi connectivity index (χ3n) is 4.38. The van der Waals surface area contributed by atoms with Crippen LogP contribution in [-0.2, 0) is 0 Å². The first kappa shape index (κ1) is 18.9. The highest BCUT2D eigenvalue weighted by Crippen LogP contribution is 2.23. The number of Topliss-reactive ketones (excluding diaryl/α,β-unsaturated/α-hetero) is 1. The molecule has 0 amide bonds. The first-order valence-electron chi connectivity index (χ1n) is 8.98. The van der Waals surface area contributed by atoms with Gasteiger partial charge in [-0.25, -0.2) is 0 Å². The standard InChI is InChI=1S/C20H32O2/c1-3-5-7-8-10-14-17(13-6-4-2)19(21)20(22)18-15-11-9-12-16-18/h9,11-12,15-17,19,21H,3-8,10,13-14H2,1-2H3.